The number of carbonyl (C=O) groups is 1. The molecule has 1 fully saturated rings. The van der Waals surface area contributed by atoms with Gasteiger partial charge in [0.25, 0.3) is 0 Å². The van der Waals surface area contributed by atoms with Gasteiger partial charge in [0, 0.05) is 47.8 Å². The zero-order valence-corrected chi connectivity index (χ0v) is 14.4. The number of aromatic nitrogens is 1. The smallest absolute Gasteiger partial charge is 0.184 e. The molecule has 6 heteroatoms. The Kier molecular flexibility index (Phi) is 3.76. The maximum absolute atomic E-state index is 12.5. The average Bonchev–Trinajstić information content (AvgIpc) is 3.14. The van der Waals surface area contributed by atoms with E-state index < -0.39 is 0 Å². The fourth-order valence-corrected chi connectivity index (χ4v) is 4.50. The van der Waals surface area contributed by atoms with E-state index in [1.165, 1.54) is 0 Å². The van der Waals surface area contributed by atoms with Gasteiger partial charge in [-0.3, -0.25) is 4.79 Å². The molecule has 3 aliphatic rings. The van der Waals surface area contributed by atoms with Gasteiger partial charge in [0.2, 0.25) is 0 Å². The van der Waals surface area contributed by atoms with E-state index in [9.17, 15) is 4.79 Å². The number of hydrogen-bond donors (Lipinski definition) is 0. The van der Waals surface area contributed by atoms with E-state index in [2.05, 4.69) is 31.9 Å². The Hall–Kier alpha value is -1.24. The summed E-state index contributed by atoms with van der Waals surface area (Å²) in [6.07, 6.45) is 5.51. The molecule has 1 aromatic heterocycles. The molecule has 0 atom stereocenters. The summed E-state index contributed by atoms with van der Waals surface area (Å²) in [6.45, 7) is 3.20. The number of ether oxygens (including phenoxy) is 1. The van der Waals surface area contributed by atoms with E-state index in [4.69, 9.17) is 4.74 Å². The summed E-state index contributed by atoms with van der Waals surface area (Å²) in [7, 11) is 0. The van der Waals surface area contributed by atoms with Crippen molar-refractivity contribution in [3.05, 3.63) is 44.0 Å². The lowest BCUT2D eigenvalue weighted by molar-refractivity contribution is -0.111. The normalized spacial score (nSPS) is 21.9. The van der Waals surface area contributed by atoms with Crippen LogP contribution in [0.5, 0.6) is 0 Å². The van der Waals surface area contributed by atoms with E-state index in [0.29, 0.717) is 0 Å². The van der Waals surface area contributed by atoms with Crippen LogP contribution < -0.4 is 0 Å². The molecule has 0 spiro atoms. The van der Waals surface area contributed by atoms with E-state index in [-0.39, 0.29) is 5.78 Å². The van der Waals surface area contributed by atoms with Gasteiger partial charge in [0.15, 0.2) is 5.78 Å². The molecule has 2 heterocycles. The maximum Gasteiger partial charge on any atom is 0.184 e. The van der Waals surface area contributed by atoms with Crippen molar-refractivity contribution in [3.8, 4) is 0 Å². The van der Waals surface area contributed by atoms with Gasteiger partial charge in [0.05, 0.1) is 13.2 Å². The minimum absolute atomic E-state index is 0.157. The van der Waals surface area contributed by atoms with Crippen LogP contribution in [-0.4, -0.2) is 42.0 Å². The third-order valence-electron chi connectivity index (χ3n) is 4.28. The van der Waals surface area contributed by atoms with Crippen molar-refractivity contribution < 1.29 is 9.53 Å². The number of rotatable bonds is 2. The topological polar surface area (TPSA) is 42.4 Å². The van der Waals surface area contributed by atoms with Crippen LogP contribution in [0.1, 0.15) is 17.8 Å². The number of morpholine rings is 1. The lowest BCUT2D eigenvalue weighted by Gasteiger charge is -2.33. The number of carbonyl (C=O) groups excluding carboxylic acids is 1. The third kappa shape index (κ3) is 2.49. The van der Waals surface area contributed by atoms with E-state index in [0.717, 1.165) is 71.2 Å². The number of ketones is 1. The number of thiazole rings is 1. The molecule has 0 bridgehead atoms. The Balaban J connectivity index is 1.62. The molecular formula is C16H15BrN2O2S. The molecule has 22 heavy (non-hydrogen) atoms. The van der Waals surface area contributed by atoms with Gasteiger partial charge >= 0.3 is 0 Å². The summed E-state index contributed by atoms with van der Waals surface area (Å²) in [5.74, 6) is 0.157. The zero-order chi connectivity index (χ0) is 15.1. The highest BCUT2D eigenvalue weighted by atomic mass is 79.9. The molecule has 0 N–H and O–H groups in total. The van der Waals surface area contributed by atoms with Crippen molar-refractivity contribution >= 4 is 38.6 Å². The van der Waals surface area contributed by atoms with Gasteiger partial charge in [-0.2, -0.15) is 0 Å². The third-order valence-corrected chi connectivity index (χ3v) is 5.86. The van der Waals surface area contributed by atoms with Crippen LogP contribution in [0.2, 0.25) is 0 Å². The first-order valence-corrected chi connectivity index (χ1v) is 9.01. The molecular weight excluding hydrogens is 364 g/mol. The van der Waals surface area contributed by atoms with Crippen LogP contribution in [0.25, 0.3) is 5.57 Å². The van der Waals surface area contributed by atoms with Crippen molar-refractivity contribution in [3.63, 3.8) is 0 Å². The van der Waals surface area contributed by atoms with Gasteiger partial charge in [-0.25, -0.2) is 4.98 Å². The van der Waals surface area contributed by atoms with Crippen LogP contribution in [0, 0.1) is 0 Å². The summed E-state index contributed by atoms with van der Waals surface area (Å²) in [6, 6.07) is 0. The highest BCUT2D eigenvalue weighted by molar-refractivity contribution is 9.10. The lowest BCUT2D eigenvalue weighted by atomic mass is 9.92. The van der Waals surface area contributed by atoms with Crippen LogP contribution in [0.4, 0.5) is 0 Å². The van der Waals surface area contributed by atoms with E-state index in [1.807, 2.05) is 11.5 Å². The number of halogens is 1. The largest absolute Gasteiger partial charge is 0.378 e. The standard InChI is InChI=1S/C16H15BrN2O2S/c17-15-9-22-16(18-15)12-2-1-11-13(12)7-10(8-14(11)20)19-3-5-21-6-4-19/h2,8-9H,1,3-7H2. The zero-order valence-electron chi connectivity index (χ0n) is 12.0. The van der Waals surface area contributed by atoms with Crippen molar-refractivity contribution in [1.82, 2.24) is 9.88 Å². The number of nitrogens with zero attached hydrogens (tertiary/aromatic N) is 2. The Morgan fingerprint density at radius 2 is 2.09 bits per heavy atom. The maximum atomic E-state index is 12.5. The van der Waals surface area contributed by atoms with Crippen molar-refractivity contribution in [2.24, 2.45) is 0 Å². The Morgan fingerprint density at radius 3 is 2.82 bits per heavy atom. The molecule has 4 nitrogen and oxygen atoms in total. The molecule has 0 radical (unpaired) electrons. The number of allylic oxidation sites excluding steroid dienone is 5. The lowest BCUT2D eigenvalue weighted by Crippen LogP contribution is -2.36. The molecule has 0 saturated carbocycles. The summed E-state index contributed by atoms with van der Waals surface area (Å²) < 4.78 is 6.26. The van der Waals surface area contributed by atoms with Gasteiger partial charge in [0.1, 0.15) is 9.61 Å². The van der Waals surface area contributed by atoms with Crippen LogP contribution in [-0.2, 0) is 9.53 Å². The average molecular weight is 379 g/mol. The first-order chi connectivity index (χ1) is 10.7. The monoisotopic (exact) mass is 378 g/mol. The Morgan fingerprint density at radius 1 is 1.27 bits per heavy atom. The SMILES string of the molecule is O=C1C=C(N2CCOCC2)CC2=C1CC=C2c1nc(Br)cs1. The summed E-state index contributed by atoms with van der Waals surface area (Å²) in [4.78, 5) is 19.3. The van der Waals surface area contributed by atoms with Crippen molar-refractivity contribution in [2.45, 2.75) is 12.8 Å². The minimum atomic E-state index is 0.157. The molecule has 0 amide bonds. The highest BCUT2D eigenvalue weighted by Crippen LogP contribution is 2.42. The highest BCUT2D eigenvalue weighted by Gasteiger charge is 2.30. The Labute approximate surface area is 141 Å². The molecule has 1 aliphatic heterocycles. The van der Waals surface area contributed by atoms with Crippen molar-refractivity contribution in [1.29, 1.82) is 0 Å². The first-order valence-electron chi connectivity index (χ1n) is 7.34. The fraction of sp³-hybridized carbons (Fsp3) is 0.375. The molecule has 0 aromatic carbocycles. The Bertz CT molecular complexity index is 726. The van der Waals surface area contributed by atoms with Gasteiger partial charge < -0.3 is 9.64 Å². The first kappa shape index (κ1) is 14.4. The predicted octanol–water partition coefficient (Wildman–Crippen LogP) is 3.18. The van der Waals surface area contributed by atoms with Gasteiger partial charge in [-0.05, 0) is 27.9 Å². The van der Waals surface area contributed by atoms with Crippen molar-refractivity contribution in [2.75, 3.05) is 26.3 Å². The van der Waals surface area contributed by atoms with Crippen LogP contribution in [0.3, 0.4) is 0 Å². The number of hydrogen-bond acceptors (Lipinski definition) is 5. The summed E-state index contributed by atoms with van der Waals surface area (Å²) >= 11 is 5.02. The molecule has 2 aliphatic carbocycles. The molecule has 4 rings (SSSR count). The molecule has 1 saturated heterocycles. The molecule has 114 valence electrons. The second-order valence-electron chi connectivity index (χ2n) is 5.53. The van der Waals surface area contributed by atoms with Gasteiger partial charge in [-0.1, -0.05) is 6.08 Å². The molecule has 1 aromatic rings. The van der Waals surface area contributed by atoms with E-state index in [1.54, 1.807) is 11.3 Å². The minimum Gasteiger partial charge on any atom is -0.378 e. The van der Waals surface area contributed by atoms with Gasteiger partial charge in [-0.15, -0.1) is 11.3 Å². The predicted molar refractivity (Wildman–Crippen MR) is 89.5 cm³/mol. The second-order valence-corrected chi connectivity index (χ2v) is 7.20. The molecule has 0 unspecified atom stereocenters. The quantitative estimate of drug-likeness (QED) is 0.792. The summed E-state index contributed by atoms with van der Waals surface area (Å²) in [5.41, 5.74) is 4.36. The second kappa shape index (κ2) is 5.76. The van der Waals surface area contributed by atoms with Crippen LogP contribution >= 0.6 is 27.3 Å². The fourth-order valence-electron chi connectivity index (χ4n) is 3.18. The van der Waals surface area contributed by atoms with Crippen LogP contribution in [0.15, 0.2) is 39.0 Å². The summed E-state index contributed by atoms with van der Waals surface area (Å²) in [5, 5.41) is 2.98. The van der Waals surface area contributed by atoms with E-state index >= 15 is 0 Å².